The Morgan fingerprint density at radius 3 is 2.72 bits per heavy atom. The monoisotopic (exact) mass is 339 g/mol. The molecule has 4 N–H and O–H groups in total. The smallest absolute Gasteiger partial charge is 0.332 e. The van der Waals surface area contributed by atoms with Crippen molar-refractivity contribution >= 4 is 11.7 Å². The third kappa shape index (κ3) is 3.32. The van der Waals surface area contributed by atoms with Crippen LogP contribution in [0.2, 0.25) is 0 Å². The number of carbonyl (C=O) groups is 1. The first-order chi connectivity index (χ1) is 12.1. The molecular formula is C17H17N5O3. The van der Waals surface area contributed by atoms with E-state index in [1.807, 2.05) is 6.07 Å². The first-order valence-corrected chi connectivity index (χ1v) is 8.03. The zero-order valence-electron chi connectivity index (χ0n) is 13.3. The first-order valence-electron chi connectivity index (χ1n) is 8.03. The summed E-state index contributed by atoms with van der Waals surface area (Å²) in [6.07, 6.45) is 3.85. The quantitative estimate of drug-likeness (QED) is 0.565. The molecule has 0 radical (unpaired) electrons. The minimum atomic E-state index is -0.423. The second kappa shape index (κ2) is 5.97. The van der Waals surface area contributed by atoms with E-state index in [1.165, 1.54) is 23.6 Å². The lowest BCUT2D eigenvalue weighted by Crippen LogP contribution is -2.15. The van der Waals surface area contributed by atoms with Gasteiger partial charge in [0.05, 0.1) is 18.3 Å². The van der Waals surface area contributed by atoms with E-state index >= 15 is 0 Å². The van der Waals surface area contributed by atoms with Crippen molar-refractivity contribution in [3.8, 4) is 11.6 Å². The average molecular weight is 339 g/mol. The van der Waals surface area contributed by atoms with E-state index in [0.717, 1.165) is 11.3 Å². The molecule has 2 aromatic heterocycles. The minimum Gasteiger partial charge on any atom is -0.493 e. The van der Waals surface area contributed by atoms with Gasteiger partial charge in [0, 0.05) is 17.7 Å². The Balaban J connectivity index is 1.40. The molecule has 1 amide bonds. The van der Waals surface area contributed by atoms with E-state index in [1.54, 1.807) is 24.3 Å². The summed E-state index contributed by atoms with van der Waals surface area (Å²) in [7, 11) is 0. The van der Waals surface area contributed by atoms with E-state index in [-0.39, 0.29) is 18.2 Å². The number of aromatic amines is 2. The van der Waals surface area contributed by atoms with Gasteiger partial charge in [0.15, 0.2) is 5.82 Å². The van der Waals surface area contributed by atoms with Crippen molar-refractivity contribution in [2.45, 2.75) is 25.2 Å². The Bertz CT molecular complexity index is 963. The lowest BCUT2D eigenvalue weighted by molar-refractivity contribution is -0.115. The molecule has 1 aliphatic carbocycles. The Hall–Kier alpha value is -3.29. The highest BCUT2D eigenvalue weighted by atomic mass is 16.3. The van der Waals surface area contributed by atoms with Crippen LogP contribution in [0.25, 0.3) is 5.69 Å². The molecule has 8 heteroatoms. The Morgan fingerprint density at radius 1 is 1.32 bits per heavy atom. The van der Waals surface area contributed by atoms with Crippen LogP contribution >= 0.6 is 0 Å². The number of amides is 1. The molecule has 25 heavy (non-hydrogen) atoms. The molecule has 8 nitrogen and oxygen atoms in total. The number of nitrogens with one attached hydrogen (secondary N) is 3. The van der Waals surface area contributed by atoms with Crippen LogP contribution in [0.3, 0.4) is 0 Å². The molecule has 1 aromatic carbocycles. The van der Waals surface area contributed by atoms with Crippen molar-refractivity contribution in [1.82, 2.24) is 19.7 Å². The number of imidazole rings is 1. The van der Waals surface area contributed by atoms with Gasteiger partial charge in [-0.3, -0.25) is 19.4 Å². The largest absolute Gasteiger partial charge is 0.493 e. The molecule has 0 aliphatic heterocycles. The lowest BCUT2D eigenvalue weighted by Gasteiger charge is -2.04. The summed E-state index contributed by atoms with van der Waals surface area (Å²) < 4.78 is 1.29. The van der Waals surface area contributed by atoms with Crippen LogP contribution in [0.4, 0.5) is 5.82 Å². The number of anilines is 1. The zero-order valence-corrected chi connectivity index (χ0v) is 13.3. The summed E-state index contributed by atoms with van der Waals surface area (Å²) in [5, 5.41) is 19.1. The van der Waals surface area contributed by atoms with Crippen LogP contribution in [-0.4, -0.2) is 30.8 Å². The number of aromatic hydroxyl groups is 1. The summed E-state index contributed by atoms with van der Waals surface area (Å²) in [6.45, 7) is 0. The van der Waals surface area contributed by atoms with E-state index in [4.69, 9.17) is 0 Å². The van der Waals surface area contributed by atoms with Gasteiger partial charge in [-0.25, -0.2) is 4.79 Å². The molecule has 0 atom stereocenters. The molecule has 0 saturated heterocycles. The van der Waals surface area contributed by atoms with Crippen molar-refractivity contribution in [2.24, 2.45) is 0 Å². The summed E-state index contributed by atoms with van der Waals surface area (Å²) in [5.74, 6) is 0.746. The molecule has 4 rings (SSSR count). The van der Waals surface area contributed by atoms with Gasteiger partial charge in [-0.15, -0.1) is 0 Å². The normalized spacial score (nSPS) is 13.8. The molecule has 0 unspecified atom stereocenters. The molecule has 0 spiro atoms. The number of rotatable bonds is 5. The highest BCUT2D eigenvalue weighted by Crippen LogP contribution is 2.39. The number of carbonyl (C=O) groups excluding carboxylic acids is 1. The van der Waals surface area contributed by atoms with Gasteiger partial charge >= 0.3 is 5.69 Å². The second-order valence-electron chi connectivity index (χ2n) is 6.19. The van der Waals surface area contributed by atoms with Crippen molar-refractivity contribution in [2.75, 3.05) is 5.32 Å². The standard InChI is InChI=1S/C17H17N5O3/c23-15(18-14-8-13(20-21-14)11-3-4-11)7-10-1-5-12(6-2-10)22-9-16(24)19-17(22)25/h1-2,5-6,8-9,11,24H,3-4,7H2,(H,19,25)(H2,18,20,21,23). The van der Waals surface area contributed by atoms with Gasteiger partial charge in [-0.2, -0.15) is 5.10 Å². The molecular weight excluding hydrogens is 322 g/mol. The number of aromatic nitrogens is 4. The van der Waals surface area contributed by atoms with Gasteiger partial charge in [-0.05, 0) is 30.5 Å². The maximum absolute atomic E-state index is 12.1. The van der Waals surface area contributed by atoms with Crippen molar-refractivity contribution in [3.05, 3.63) is 58.3 Å². The van der Waals surface area contributed by atoms with Crippen LogP contribution in [0.5, 0.6) is 5.88 Å². The highest BCUT2D eigenvalue weighted by molar-refractivity contribution is 5.91. The lowest BCUT2D eigenvalue weighted by atomic mass is 10.1. The summed E-state index contributed by atoms with van der Waals surface area (Å²) >= 11 is 0. The third-order valence-electron chi connectivity index (χ3n) is 4.17. The van der Waals surface area contributed by atoms with E-state index in [2.05, 4.69) is 20.5 Å². The Labute approximate surface area is 142 Å². The fourth-order valence-corrected chi connectivity index (χ4v) is 2.73. The number of benzene rings is 1. The predicted octanol–water partition coefficient (Wildman–Crippen LogP) is 1.65. The zero-order chi connectivity index (χ0) is 17.4. The fourth-order valence-electron chi connectivity index (χ4n) is 2.73. The van der Waals surface area contributed by atoms with Crippen molar-refractivity contribution in [3.63, 3.8) is 0 Å². The van der Waals surface area contributed by atoms with Crippen LogP contribution < -0.4 is 11.0 Å². The number of nitrogens with zero attached hydrogens (tertiary/aromatic N) is 2. The topological polar surface area (TPSA) is 116 Å². The molecule has 1 saturated carbocycles. The Kier molecular flexibility index (Phi) is 3.64. The fraction of sp³-hybridized carbons (Fsp3) is 0.235. The summed E-state index contributed by atoms with van der Waals surface area (Å²) in [6, 6.07) is 8.86. The molecule has 128 valence electrons. The van der Waals surface area contributed by atoms with Crippen molar-refractivity contribution < 1.29 is 9.90 Å². The van der Waals surface area contributed by atoms with Gasteiger partial charge in [-0.1, -0.05) is 12.1 Å². The molecule has 2 heterocycles. The van der Waals surface area contributed by atoms with Gasteiger partial charge in [0.2, 0.25) is 11.8 Å². The van der Waals surface area contributed by atoms with Crippen molar-refractivity contribution in [1.29, 1.82) is 0 Å². The first kappa shape index (κ1) is 15.3. The second-order valence-corrected chi connectivity index (χ2v) is 6.19. The summed E-state index contributed by atoms with van der Waals surface area (Å²) in [5.41, 5.74) is 2.06. The molecule has 0 bridgehead atoms. The Morgan fingerprint density at radius 2 is 2.08 bits per heavy atom. The van der Waals surface area contributed by atoms with E-state index in [0.29, 0.717) is 17.4 Å². The predicted molar refractivity (Wildman–Crippen MR) is 91.0 cm³/mol. The molecule has 1 fully saturated rings. The number of hydrogen-bond donors (Lipinski definition) is 4. The maximum Gasteiger partial charge on any atom is 0.332 e. The van der Waals surface area contributed by atoms with Crippen LogP contribution in [0.15, 0.2) is 41.3 Å². The van der Waals surface area contributed by atoms with Gasteiger partial charge in [0.25, 0.3) is 0 Å². The summed E-state index contributed by atoms with van der Waals surface area (Å²) in [4.78, 5) is 26.0. The van der Waals surface area contributed by atoms with Crippen LogP contribution in [-0.2, 0) is 11.2 Å². The molecule has 1 aliphatic rings. The van der Waals surface area contributed by atoms with Gasteiger partial charge < -0.3 is 10.4 Å². The molecule has 3 aromatic rings. The maximum atomic E-state index is 12.1. The average Bonchev–Trinajstić information content (AvgIpc) is 3.24. The number of H-pyrrole nitrogens is 2. The SMILES string of the molecule is O=C(Cc1ccc(-n2cc(O)[nH]c2=O)cc1)Nc1cc(C2CC2)[nH]n1. The van der Waals surface area contributed by atoms with Gasteiger partial charge in [0.1, 0.15) is 0 Å². The minimum absolute atomic E-state index is 0.155. The third-order valence-corrected chi connectivity index (χ3v) is 4.17. The number of hydrogen-bond acceptors (Lipinski definition) is 4. The van der Waals surface area contributed by atoms with E-state index < -0.39 is 5.69 Å². The van der Waals surface area contributed by atoms with E-state index in [9.17, 15) is 14.7 Å². The highest BCUT2D eigenvalue weighted by Gasteiger charge is 2.25. The van der Waals surface area contributed by atoms with Crippen LogP contribution in [0, 0.1) is 0 Å². The van der Waals surface area contributed by atoms with Crippen LogP contribution in [0.1, 0.15) is 30.0 Å².